The van der Waals surface area contributed by atoms with Crippen molar-refractivity contribution in [1.82, 2.24) is 0 Å². The Kier molecular flexibility index (Phi) is 5.54. The zero-order valence-electron chi connectivity index (χ0n) is 16.1. The van der Waals surface area contributed by atoms with E-state index in [1.165, 1.54) is 32.1 Å². The van der Waals surface area contributed by atoms with Crippen LogP contribution in [0, 0.1) is 41.4 Å². The van der Waals surface area contributed by atoms with Crippen molar-refractivity contribution in [3.63, 3.8) is 0 Å². The third-order valence-electron chi connectivity index (χ3n) is 7.73. The van der Waals surface area contributed by atoms with E-state index in [0.29, 0.717) is 22.9 Å². The van der Waals surface area contributed by atoms with E-state index in [4.69, 9.17) is 0 Å². The van der Waals surface area contributed by atoms with Gasteiger partial charge in [0, 0.05) is 10.7 Å². The summed E-state index contributed by atoms with van der Waals surface area (Å²) in [5.41, 5.74) is 0. The van der Waals surface area contributed by atoms with Gasteiger partial charge in [0.15, 0.2) is 5.12 Å². The van der Waals surface area contributed by atoms with Gasteiger partial charge in [-0.1, -0.05) is 45.0 Å². The number of carbonyl (C=O) groups excluding carboxylic acids is 1. The number of carbonyl (C=O) groups is 1. The molecule has 8 unspecified atom stereocenters. The lowest BCUT2D eigenvalue weighted by Crippen LogP contribution is -2.48. The second-order valence-corrected chi connectivity index (χ2v) is 10.9. The first kappa shape index (κ1) is 18.5. The Bertz CT molecular complexity index is 484. The van der Waals surface area contributed by atoms with E-state index in [-0.39, 0.29) is 10.7 Å². The summed E-state index contributed by atoms with van der Waals surface area (Å²) in [6, 6.07) is 0. The molecule has 0 aromatic heterocycles. The van der Waals surface area contributed by atoms with Crippen LogP contribution in [0.3, 0.4) is 0 Å². The van der Waals surface area contributed by atoms with Crippen molar-refractivity contribution >= 4 is 16.9 Å². The minimum Gasteiger partial charge on any atom is -0.287 e. The standard InChI is InChI=1S/C22H36OS/c1-6-16-11-17-10-15(4)22(5,19(12-16)13-17)24-21(23)20-9-14(3)8-18(20)7-2/h7,14-20H,2,6,8-13H2,1,3-5H3. The monoisotopic (exact) mass is 348 g/mol. The molecule has 0 saturated heterocycles. The summed E-state index contributed by atoms with van der Waals surface area (Å²) in [4.78, 5) is 13.2. The first-order chi connectivity index (χ1) is 11.4. The molecule has 24 heavy (non-hydrogen) atoms. The summed E-state index contributed by atoms with van der Waals surface area (Å²) in [5.74, 6) is 4.50. The smallest absolute Gasteiger partial charge is 0.193 e. The lowest BCUT2D eigenvalue weighted by atomic mass is 9.59. The molecule has 2 heteroatoms. The maximum absolute atomic E-state index is 13.2. The molecule has 1 nitrogen and oxygen atoms in total. The van der Waals surface area contributed by atoms with Crippen LogP contribution in [0.4, 0.5) is 0 Å². The second kappa shape index (κ2) is 7.17. The minimum absolute atomic E-state index is 0.152. The number of hydrogen-bond acceptors (Lipinski definition) is 2. The molecule has 3 aliphatic rings. The summed E-state index contributed by atoms with van der Waals surface area (Å²) >= 11 is 1.74. The zero-order chi connectivity index (χ0) is 17.5. The number of hydrogen-bond donors (Lipinski definition) is 0. The predicted octanol–water partition coefficient (Wildman–Crippen LogP) is 6.34. The maximum atomic E-state index is 13.2. The summed E-state index contributed by atoms with van der Waals surface area (Å²) in [6.07, 6.45) is 11.1. The minimum atomic E-state index is 0.152. The highest BCUT2D eigenvalue weighted by molar-refractivity contribution is 8.14. The molecule has 0 amide bonds. The van der Waals surface area contributed by atoms with Gasteiger partial charge in [0.2, 0.25) is 0 Å². The topological polar surface area (TPSA) is 17.1 Å². The molecule has 3 rings (SSSR count). The normalized spacial score (nSPS) is 48.2. The van der Waals surface area contributed by atoms with Gasteiger partial charge in [0.1, 0.15) is 0 Å². The van der Waals surface area contributed by atoms with Gasteiger partial charge in [-0.25, -0.2) is 0 Å². The van der Waals surface area contributed by atoms with E-state index in [1.54, 1.807) is 11.8 Å². The third kappa shape index (κ3) is 3.37. The Morgan fingerprint density at radius 1 is 1.17 bits per heavy atom. The van der Waals surface area contributed by atoms with Crippen molar-refractivity contribution in [2.75, 3.05) is 0 Å². The van der Waals surface area contributed by atoms with Crippen LogP contribution in [0.5, 0.6) is 0 Å². The lowest BCUT2D eigenvalue weighted by Gasteiger charge is -2.53. The molecule has 136 valence electrons. The van der Waals surface area contributed by atoms with Crippen molar-refractivity contribution in [2.24, 2.45) is 41.4 Å². The average molecular weight is 349 g/mol. The lowest BCUT2D eigenvalue weighted by molar-refractivity contribution is -0.115. The highest BCUT2D eigenvalue weighted by atomic mass is 32.2. The van der Waals surface area contributed by atoms with Gasteiger partial charge >= 0.3 is 0 Å². The molecule has 0 spiro atoms. The molecule has 0 aromatic rings. The first-order valence-corrected chi connectivity index (χ1v) is 11.0. The van der Waals surface area contributed by atoms with E-state index >= 15 is 0 Å². The molecule has 3 saturated carbocycles. The number of fused-ring (bicyclic) bond motifs is 2. The fourth-order valence-corrected chi connectivity index (χ4v) is 7.55. The van der Waals surface area contributed by atoms with Crippen LogP contribution >= 0.6 is 11.8 Å². The van der Waals surface area contributed by atoms with E-state index in [1.807, 2.05) is 6.08 Å². The fraction of sp³-hybridized carbons (Fsp3) is 0.864. The summed E-state index contributed by atoms with van der Waals surface area (Å²) in [7, 11) is 0. The first-order valence-electron chi connectivity index (χ1n) is 10.2. The summed E-state index contributed by atoms with van der Waals surface area (Å²) < 4.78 is 0.152. The van der Waals surface area contributed by atoms with Gasteiger partial charge in [-0.2, -0.15) is 0 Å². The van der Waals surface area contributed by atoms with Crippen LogP contribution in [-0.2, 0) is 4.79 Å². The summed E-state index contributed by atoms with van der Waals surface area (Å²) in [6.45, 7) is 13.5. The Morgan fingerprint density at radius 2 is 1.92 bits per heavy atom. The zero-order valence-corrected chi connectivity index (χ0v) is 16.9. The summed E-state index contributed by atoms with van der Waals surface area (Å²) in [5, 5.41) is 0.468. The maximum Gasteiger partial charge on any atom is 0.193 e. The van der Waals surface area contributed by atoms with Crippen LogP contribution in [0.25, 0.3) is 0 Å². The van der Waals surface area contributed by atoms with E-state index in [0.717, 1.165) is 30.6 Å². The van der Waals surface area contributed by atoms with E-state index < -0.39 is 0 Å². The molecule has 0 aliphatic heterocycles. The van der Waals surface area contributed by atoms with Crippen molar-refractivity contribution in [3.05, 3.63) is 12.7 Å². The molecule has 0 N–H and O–H groups in total. The molecule has 3 fully saturated rings. The van der Waals surface area contributed by atoms with Crippen LogP contribution in [0.2, 0.25) is 0 Å². The van der Waals surface area contributed by atoms with Gasteiger partial charge in [0.25, 0.3) is 0 Å². The van der Waals surface area contributed by atoms with Crippen molar-refractivity contribution in [3.8, 4) is 0 Å². The number of allylic oxidation sites excluding steroid dienone is 1. The van der Waals surface area contributed by atoms with Crippen LogP contribution < -0.4 is 0 Å². The molecule has 8 atom stereocenters. The largest absolute Gasteiger partial charge is 0.287 e. The SMILES string of the molecule is C=CC1CC(C)CC1C(=O)SC1(C)C(C)CC2CC(CC)CC1C2. The van der Waals surface area contributed by atoms with E-state index in [9.17, 15) is 4.79 Å². The average Bonchev–Trinajstić information content (AvgIpc) is 2.94. The van der Waals surface area contributed by atoms with Crippen molar-refractivity contribution in [1.29, 1.82) is 0 Å². The van der Waals surface area contributed by atoms with Gasteiger partial charge < -0.3 is 0 Å². The van der Waals surface area contributed by atoms with Crippen molar-refractivity contribution < 1.29 is 4.79 Å². The number of rotatable bonds is 4. The predicted molar refractivity (Wildman–Crippen MR) is 105 cm³/mol. The number of thioether (sulfide) groups is 1. The molecular weight excluding hydrogens is 312 g/mol. The van der Waals surface area contributed by atoms with Gasteiger partial charge in [-0.15, -0.1) is 6.58 Å². The highest BCUT2D eigenvalue weighted by Crippen LogP contribution is 2.57. The van der Waals surface area contributed by atoms with Crippen LogP contribution in [0.15, 0.2) is 12.7 Å². The second-order valence-electron chi connectivity index (χ2n) is 9.37. The molecule has 0 heterocycles. The highest BCUT2D eigenvalue weighted by Gasteiger charge is 2.50. The Hall–Kier alpha value is -0.240. The quantitative estimate of drug-likeness (QED) is 0.552. The fourth-order valence-electron chi connectivity index (χ4n) is 6.04. The van der Waals surface area contributed by atoms with E-state index in [2.05, 4.69) is 34.3 Å². The third-order valence-corrected chi connectivity index (χ3v) is 9.41. The van der Waals surface area contributed by atoms with Crippen molar-refractivity contribution in [2.45, 2.75) is 77.4 Å². The molecule has 2 bridgehead atoms. The Morgan fingerprint density at radius 3 is 2.58 bits per heavy atom. The molecule has 3 aliphatic carbocycles. The Balaban J connectivity index is 1.74. The van der Waals surface area contributed by atoms with Gasteiger partial charge in [0.05, 0.1) is 0 Å². The van der Waals surface area contributed by atoms with Crippen LogP contribution in [0.1, 0.15) is 72.6 Å². The molecule has 0 aromatic carbocycles. The molecular formula is C22H36OS. The van der Waals surface area contributed by atoms with Gasteiger partial charge in [-0.3, -0.25) is 4.79 Å². The van der Waals surface area contributed by atoms with Crippen LogP contribution in [-0.4, -0.2) is 9.86 Å². The Labute approximate surface area is 153 Å². The molecule has 0 radical (unpaired) electrons. The van der Waals surface area contributed by atoms with Gasteiger partial charge in [-0.05, 0) is 81.0 Å².